The van der Waals surface area contributed by atoms with E-state index in [2.05, 4.69) is 5.32 Å². The van der Waals surface area contributed by atoms with Crippen LogP contribution in [0.3, 0.4) is 0 Å². The van der Waals surface area contributed by atoms with E-state index in [9.17, 15) is 4.79 Å². The molecule has 0 aromatic heterocycles. The highest BCUT2D eigenvalue weighted by Gasteiger charge is 2.12. The van der Waals surface area contributed by atoms with Gasteiger partial charge in [0.05, 0.1) is 0 Å². The topological polar surface area (TPSA) is 55.1 Å². The average Bonchev–Trinajstić information content (AvgIpc) is 2.27. The Kier molecular flexibility index (Phi) is 4.99. The standard InChI is InChI=1S/C13H20N2O/c1-10(2)12(14)8-13(16)15-9-11-6-4-3-5-7-11/h3-7,10,12H,8-9,14H2,1-2H3,(H,15,16). The Morgan fingerprint density at radius 2 is 1.94 bits per heavy atom. The van der Waals surface area contributed by atoms with Crippen molar-refractivity contribution in [3.05, 3.63) is 35.9 Å². The third-order valence-electron chi connectivity index (χ3n) is 2.61. The van der Waals surface area contributed by atoms with Gasteiger partial charge in [0.25, 0.3) is 0 Å². The fourth-order valence-corrected chi connectivity index (χ4v) is 1.32. The van der Waals surface area contributed by atoms with Gasteiger partial charge in [0.15, 0.2) is 0 Å². The molecule has 1 aromatic carbocycles. The van der Waals surface area contributed by atoms with E-state index in [1.54, 1.807) is 0 Å². The largest absolute Gasteiger partial charge is 0.352 e. The van der Waals surface area contributed by atoms with E-state index < -0.39 is 0 Å². The van der Waals surface area contributed by atoms with Crippen molar-refractivity contribution in [3.63, 3.8) is 0 Å². The summed E-state index contributed by atoms with van der Waals surface area (Å²) in [7, 11) is 0. The molecule has 1 rings (SSSR count). The van der Waals surface area contributed by atoms with Crippen LogP contribution in [0.5, 0.6) is 0 Å². The molecular weight excluding hydrogens is 200 g/mol. The van der Waals surface area contributed by atoms with Crippen LogP contribution in [0, 0.1) is 5.92 Å². The third kappa shape index (κ3) is 4.45. The molecule has 0 saturated heterocycles. The van der Waals surface area contributed by atoms with Crippen molar-refractivity contribution in [2.45, 2.75) is 32.9 Å². The molecule has 1 amide bonds. The molecule has 1 unspecified atom stereocenters. The number of benzene rings is 1. The van der Waals surface area contributed by atoms with Gasteiger partial charge in [-0.2, -0.15) is 0 Å². The Morgan fingerprint density at radius 1 is 1.31 bits per heavy atom. The number of carbonyl (C=O) groups excluding carboxylic acids is 1. The minimum absolute atomic E-state index is 0.0186. The zero-order valence-electron chi connectivity index (χ0n) is 9.94. The van der Waals surface area contributed by atoms with E-state index >= 15 is 0 Å². The molecule has 3 heteroatoms. The van der Waals surface area contributed by atoms with Crippen LogP contribution in [0.15, 0.2) is 30.3 Å². The first-order valence-corrected chi connectivity index (χ1v) is 5.66. The Hall–Kier alpha value is -1.35. The first-order valence-electron chi connectivity index (χ1n) is 5.66. The molecule has 3 nitrogen and oxygen atoms in total. The van der Waals surface area contributed by atoms with Crippen molar-refractivity contribution >= 4 is 5.91 Å². The maximum atomic E-state index is 11.5. The predicted molar refractivity (Wildman–Crippen MR) is 65.7 cm³/mol. The monoisotopic (exact) mass is 220 g/mol. The zero-order chi connectivity index (χ0) is 12.0. The first kappa shape index (κ1) is 12.7. The lowest BCUT2D eigenvalue weighted by Crippen LogP contribution is -2.34. The normalized spacial score (nSPS) is 12.5. The number of nitrogens with one attached hydrogen (secondary N) is 1. The highest BCUT2D eigenvalue weighted by atomic mass is 16.1. The summed E-state index contributed by atoms with van der Waals surface area (Å²) in [5.41, 5.74) is 6.93. The number of hydrogen-bond acceptors (Lipinski definition) is 2. The van der Waals surface area contributed by atoms with Gasteiger partial charge >= 0.3 is 0 Å². The second kappa shape index (κ2) is 6.28. The lowest BCUT2D eigenvalue weighted by molar-refractivity contribution is -0.121. The SMILES string of the molecule is CC(C)C(N)CC(=O)NCc1ccccc1. The van der Waals surface area contributed by atoms with Crippen LogP contribution in [-0.2, 0) is 11.3 Å². The summed E-state index contributed by atoms with van der Waals surface area (Å²) in [5.74, 6) is 0.354. The fraction of sp³-hybridized carbons (Fsp3) is 0.462. The number of hydrogen-bond donors (Lipinski definition) is 2. The Balaban J connectivity index is 2.31. The summed E-state index contributed by atoms with van der Waals surface area (Å²) in [5, 5.41) is 2.87. The molecule has 16 heavy (non-hydrogen) atoms. The zero-order valence-corrected chi connectivity index (χ0v) is 9.94. The van der Waals surface area contributed by atoms with Gasteiger partial charge in [0.2, 0.25) is 5.91 Å². The summed E-state index contributed by atoms with van der Waals surface area (Å²) in [6, 6.07) is 9.80. The lowest BCUT2D eigenvalue weighted by atomic mass is 10.0. The third-order valence-corrected chi connectivity index (χ3v) is 2.61. The summed E-state index contributed by atoms with van der Waals surface area (Å²) in [4.78, 5) is 11.5. The van der Waals surface area contributed by atoms with Gasteiger partial charge in [-0.1, -0.05) is 44.2 Å². The van der Waals surface area contributed by atoms with Crippen LogP contribution in [0.25, 0.3) is 0 Å². The molecule has 3 N–H and O–H groups in total. The molecule has 0 radical (unpaired) electrons. The smallest absolute Gasteiger partial charge is 0.221 e. The molecule has 0 aliphatic rings. The lowest BCUT2D eigenvalue weighted by Gasteiger charge is -2.14. The summed E-state index contributed by atoms with van der Waals surface area (Å²) in [6.45, 7) is 4.62. The van der Waals surface area contributed by atoms with Gasteiger partial charge < -0.3 is 11.1 Å². The maximum Gasteiger partial charge on any atom is 0.221 e. The molecule has 88 valence electrons. The van der Waals surface area contributed by atoms with E-state index in [1.807, 2.05) is 44.2 Å². The first-order chi connectivity index (χ1) is 7.59. The molecule has 0 bridgehead atoms. The van der Waals surface area contributed by atoms with E-state index in [0.717, 1.165) is 5.56 Å². The van der Waals surface area contributed by atoms with Crippen LogP contribution in [0.1, 0.15) is 25.8 Å². The van der Waals surface area contributed by atoms with Crippen LogP contribution in [0.2, 0.25) is 0 Å². The van der Waals surface area contributed by atoms with Crippen molar-refractivity contribution in [1.82, 2.24) is 5.32 Å². The van der Waals surface area contributed by atoms with Gasteiger partial charge in [-0.15, -0.1) is 0 Å². The summed E-state index contributed by atoms with van der Waals surface area (Å²) >= 11 is 0. The number of rotatable bonds is 5. The predicted octanol–water partition coefficient (Wildman–Crippen LogP) is 1.68. The Morgan fingerprint density at radius 3 is 2.50 bits per heavy atom. The minimum Gasteiger partial charge on any atom is -0.352 e. The fourth-order valence-electron chi connectivity index (χ4n) is 1.32. The second-order valence-corrected chi connectivity index (χ2v) is 4.37. The molecular formula is C13H20N2O. The molecule has 0 aliphatic heterocycles. The van der Waals surface area contributed by atoms with E-state index in [0.29, 0.717) is 18.9 Å². The van der Waals surface area contributed by atoms with Crippen molar-refractivity contribution in [2.75, 3.05) is 0 Å². The van der Waals surface area contributed by atoms with Crippen LogP contribution < -0.4 is 11.1 Å². The highest BCUT2D eigenvalue weighted by molar-refractivity contribution is 5.76. The second-order valence-electron chi connectivity index (χ2n) is 4.37. The molecule has 0 fully saturated rings. The van der Waals surface area contributed by atoms with E-state index in [4.69, 9.17) is 5.73 Å². The van der Waals surface area contributed by atoms with Gasteiger partial charge in [-0.25, -0.2) is 0 Å². The number of amides is 1. The van der Waals surface area contributed by atoms with Gasteiger partial charge in [-0.3, -0.25) is 4.79 Å². The number of carbonyl (C=O) groups is 1. The van der Waals surface area contributed by atoms with Crippen molar-refractivity contribution in [2.24, 2.45) is 11.7 Å². The van der Waals surface area contributed by atoms with Crippen LogP contribution >= 0.6 is 0 Å². The molecule has 0 heterocycles. The quantitative estimate of drug-likeness (QED) is 0.793. The maximum absolute atomic E-state index is 11.5. The van der Waals surface area contributed by atoms with Crippen molar-refractivity contribution < 1.29 is 4.79 Å². The highest BCUT2D eigenvalue weighted by Crippen LogP contribution is 2.03. The molecule has 1 atom stereocenters. The van der Waals surface area contributed by atoms with E-state index in [-0.39, 0.29) is 11.9 Å². The average molecular weight is 220 g/mol. The van der Waals surface area contributed by atoms with Gasteiger partial charge in [0, 0.05) is 19.0 Å². The Bertz CT molecular complexity index is 322. The van der Waals surface area contributed by atoms with Crippen LogP contribution in [-0.4, -0.2) is 11.9 Å². The van der Waals surface area contributed by atoms with Gasteiger partial charge in [-0.05, 0) is 11.5 Å². The summed E-state index contributed by atoms with van der Waals surface area (Å²) in [6.07, 6.45) is 0.393. The van der Waals surface area contributed by atoms with Gasteiger partial charge in [0.1, 0.15) is 0 Å². The summed E-state index contributed by atoms with van der Waals surface area (Å²) < 4.78 is 0. The molecule has 0 spiro atoms. The molecule has 0 saturated carbocycles. The number of nitrogens with two attached hydrogens (primary N) is 1. The van der Waals surface area contributed by atoms with E-state index in [1.165, 1.54) is 0 Å². The molecule has 1 aromatic rings. The minimum atomic E-state index is -0.0595. The molecule has 0 aliphatic carbocycles. The Labute approximate surface area is 97.0 Å². The van der Waals surface area contributed by atoms with Crippen molar-refractivity contribution in [1.29, 1.82) is 0 Å². The van der Waals surface area contributed by atoms with Crippen LogP contribution in [0.4, 0.5) is 0 Å². The van der Waals surface area contributed by atoms with Crippen molar-refractivity contribution in [3.8, 4) is 0 Å².